The van der Waals surface area contributed by atoms with E-state index in [2.05, 4.69) is 20.8 Å². The maximum Gasteiger partial charge on any atom is 0.244 e. The van der Waals surface area contributed by atoms with Crippen LogP contribution in [0.15, 0.2) is 30.9 Å². The predicted octanol–water partition coefficient (Wildman–Crippen LogP) is 1.23. The largest absolute Gasteiger partial charge is 0.354 e. The average molecular weight is 370 g/mol. The van der Waals surface area contributed by atoms with E-state index in [-0.39, 0.29) is 30.4 Å². The van der Waals surface area contributed by atoms with Gasteiger partial charge < -0.3 is 10.6 Å². The van der Waals surface area contributed by atoms with Crippen LogP contribution in [0.4, 0.5) is 0 Å². The Morgan fingerprint density at radius 2 is 2.11 bits per heavy atom. The van der Waals surface area contributed by atoms with Crippen LogP contribution in [0.3, 0.4) is 0 Å². The molecule has 1 atom stereocenters. The van der Waals surface area contributed by atoms with Crippen LogP contribution in [-0.4, -0.2) is 44.0 Å². The third kappa shape index (κ3) is 4.37. The van der Waals surface area contributed by atoms with E-state index < -0.39 is 0 Å². The van der Waals surface area contributed by atoms with Gasteiger partial charge in [0.1, 0.15) is 12.6 Å². The summed E-state index contributed by atoms with van der Waals surface area (Å²) in [6, 6.07) is 1.69. The van der Waals surface area contributed by atoms with Crippen molar-refractivity contribution in [2.24, 2.45) is 5.92 Å². The van der Waals surface area contributed by atoms with Crippen LogP contribution >= 0.6 is 0 Å². The second kappa shape index (κ2) is 7.54. The average Bonchev–Trinajstić information content (AvgIpc) is 3.13. The molecule has 2 aromatic rings. The molecule has 1 unspecified atom stereocenters. The fourth-order valence-corrected chi connectivity index (χ4v) is 3.56. The minimum Gasteiger partial charge on any atom is -0.354 e. The number of carbonyl (C=O) groups is 2. The third-order valence-electron chi connectivity index (χ3n) is 5.47. The Kier molecular flexibility index (Phi) is 4.96. The molecular formula is C19H26N6O2. The summed E-state index contributed by atoms with van der Waals surface area (Å²) in [5.74, 6) is 1.03. The summed E-state index contributed by atoms with van der Waals surface area (Å²) in [7, 11) is 0. The zero-order valence-corrected chi connectivity index (χ0v) is 15.5. The Balaban J connectivity index is 1.13. The molecule has 2 N–H and O–H groups in total. The Morgan fingerprint density at radius 1 is 1.30 bits per heavy atom. The van der Waals surface area contributed by atoms with Crippen molar-refractivity contribution in [2.45, 2.75) is 57.2 Å². The molecule has 2 saturated carbocycles. The van der Waals surface area contributed by atoms with Crippen molar-refractivity contribution in [1.82, 2.24) is 30.2 Å². The molecule has 2 amide bonds. The van der Waals surface area contributed by atoms with E-state index >= 15 is 0 Å². The highest BCUT2D eigenvalue weighted by molar-refractivity contribution is 5.79. The van der Waals surface area contributed by atoms with Crippen LogP contribution in [0.2, 0.25) is 0 Å². The van der Waals surface area contributed by atoms with Crippen molar-refractivity contribution in [1.29, 1.82) is 0 Å². The van der Waals surface area contributed by atoms with Gasteiger partial charge in [-0.25, -0.2) is 0 Å². The zero-order chi connectivity index (χ0) is 18.8. The molecule has 2 aliphatic carbocycles. The summed E-state index contributed by atoms with van der Waals surface area (Å²) in [5.41, 5.74) is 1.24. The highest BCUT2D eigenvalue weighted by Gasteiger charge is 2.31. The lowest BCUT2D eigenvalue weighted by molar-refractivity contribution is -0.125. The van der Waals surface area contributed by atoms with E-state index in [1.807, 2.05) is 19.3 Å². The smallest absolute Gasteiger partial charge is 0.244 e. The molecule has 0 radical (unpaired) electrons. The van der Waals surface area contributed by atoms with E-state index in [9.17, 15) is 9.59 Å². The monoisotopic (exact) mass is 370 g/mol. The number of hydrogen-bond acceptors (Lipinski definition) is 4. The quantitative estimate of drug-likeness (QED) is 0.731. The Bertz CT molecular complexity index is 789. The number of aromatic nitrogens is 4. The van der Waals surface area contributed by atoms with Crippen LogP contribution in [0.5, 0.6) is 0 Å². The van der Waals surface area contributed by atoms with Gasteiger partial charge in [0.15, 0.2) is 0 Å². The molecular weight excluding hydrogens is 344 g/mol. The van der Waals surface area contributed by atoms with Crippen LogP contribution in [0.1, 0.15) is 50.1 Å². The molecule has 0 spiro atoms. The number of amides is 2. The summed E-state index contributed by atoms with van der Waals surface area (Å²) in [5, 5.41) is 14.4. The van der Waals surface area contributed by atoms with Gasteiger partial charge >= 0.3 is 0 Å². The van der Waals surface area contributed by atoms with Gasteiger partial charge in [-0.2, -0.15) is 10.2 Å². The van der Waals surface area contributed by atoms with E-state index in [1.54, 1.807) is 27.8 Å². The van der Waals surface area contributed by atoms with Crippen molar-refractivity contribution in [3.05, 3.63) is 36.4 Å². The molecule has 144 valence electrons. The highest BCUT2D eigenvalue weighted by atomic mass is 16.2. The van der Waals surface area contributed by atoms with E-state index in [0.717, 1.165) is 12.8 Å². The first-order chi connectivity index (χ1) is 13.1. The van der Waals surface area contributed by atoms with Gasteiger partial charge in [-0.05, 0) is 56.1 Å². The molecule has 2 fully saturated rings. The summed E-state index contributed by atoms with van der Waals surface area (Å²) in [4.78, 5) is 24.3. The molecule has 0 aromatic carbocycles. The van der Waals surface area contributed by atoms with Crippen LogP contribution in [0.25, 0.3) is 0 Å². The molecule has 2 heterocycles. The van der Waals surface area contributed by atoms with Crippen molar-refractivity contribution < 1.29 is 9.59 Å². The molecule has 8 heteroatoms. The maximum atomic E-state index is 12.2. The number of nitrogens with zero attached hydrogens (tertiary/aromatic N) is 4. The predicted molar refractivity (Wildman–Crippen MR) is 98.8 cm³/mol. The van der Waals surface area contributed by atoms with E-state index in [0.29, 0.717) is 18.4 Å². The minimum atomic E-state index is -0.315. The Labute approximate surface area is 158 Å². The zero-order valence-electron chi connectivity index (χ0n) is 15.5. The topological polar surface area (TPSA) is 93.8 Å². The van der Waals surface area contributed by atoms with E-state index in [1.165, 1.54) is 18.4 Å². The van der Waals surface area contributed by atoms with Crippen LogP contribution in [-0.2, 0) is 16.1 Å². The lowest BCUT2D eigenvalue weighted by atomic mass is 9.80. The summed E-state index contributed by atoms with van der Waals surface area (Å²) in [6.45, 7) is 2.74. The standard InChI is InChI=1S/C19H26N6O2/c1-13(25-6-2-5-21-25)19(27)20-9-14-7-17(8-14)23-18(26)12-24-11-16(10-22-24)15-3-4-15/h2,5-6,10-11,13-15,17H,3-4,7-9,12H2,1H3,(H,20,27)(H,23,26). The SMILES string of the molecule is CC(C(=O)NCC1CC(NC(=O)Cn2cc(C3CC3)cn2)C1)n1cccn1. The second-order valence-electron chi connectivity index (χ2n) is 7.75. The van der Waals surface area contributed by atoms with Gasteiger partial charge in [0.05, 0.1) is 6.20 Å². The van der Waals surface area contributed by atoms with Gasteiger partial charge in [-0.1, -0.05) is 0 Å². The number of nitrogens with one attached hydrogen (secondary N) is 2. The first-order valence-electron chi connectivity index (χ1n) is 9.67. The Morgan fingerprint density at radius 3 is 2.81 bits per heavy atom. The van der Waals surface area contributed by atoms with E-state index in [4.69, 9.17) is 0 Å². The summed E-state index contributed by atoms with van der Waals surface area (Å²) < 4.78 is 3.36. The van der Waals surface area contributed by atoms with Gasteiger partial charge in [0.25, 0.3) is 0 Å². The van der Waals surface area contributed by atoms with Crippen molar-refractivity contribution >= 4 is 11.8 Å². The lowest BCUT2D eigenvalue weighted by Gasteiger charge is -2.36. The van der Waals surface area contributed by atoms with Gasteiger partial charge in [0, 0.05) is 31.2 Å². The maximum absolute atomic E-state index is 12.2. The number of carbonyl (C=O) groups excluding carboxylic acids is 2. The summed E-state index contributed by atoms with van der Waals surface area (Å²) >= 11 is 0. The first kappa shape index (κ1) is 17.8. The van der Waals surface area contributed by atoms with Crippen molar-refractivity contribution in [2.75, 3.05) is 6.54 Å². The Hall–Kier alpha value is -2.64. The molecule has 0 saturated heterocycles. The number of rotatable bonds is 8. The molecule has 2 aromatic heterocycles. The molecule has 8 nitrogen and oxygen atoms in total. The number of hydrogen-bond donors (Lipinski definition) is 2. The normalized spacial score (nSPS) is 22.7. The van der Waals surface area contributed by atoms with Crippen molar-refractivity contribution in [3.63, 3.8) is 0 Å². The van der Waals surface area contributed by atoms with Crippen LogP contribution in [0, 0.1) is 5.92 Å². The third-order valence-corrected chi connectivity index (χ3v) is 5.47. The van der Waals surface area contributed by atoms with Gasteiger partial charge in [0.2, 0.25) is 11.8 Å². The molecule has 0 bridgehead atoms. The minimum absolute atomic E-state index is 0.000219. The molecule has 4 rings (SSSR count). The molecule has 0 aliphatic heterocycles. The fraction of sp³-hybridized carbons (Fsp3) is 0.579. The lowest BCUT2D eigenvalue weighted by Crippen LogP contribution is -2.49. The van der Waals surface area contributed by atoms with Crippen LogP contribution < -0.4 is 10.6 Å². The molecule has 27 heavy (non-hydrogen) atoms. The first-order valence-corrected chi connectivity index (χ1v) is 9.67. The fourth-order valence-electron chi connectivity index (χ4n) is 3.56. The summed E-state index contributed by atoms with van der Waals surface area (Å²) in [6.07, 6.45) is 11.6. The van der Waals surface area contributed by atoms with Gasteiger partial charge in [-0.3, -0.25) is 19.0 Å². The second-order valence-corrected chi connectivity index (χ2v) is 7.75. The molecule has 2 aliphatic rings. The highest BCUT2D eigenvalue weighted by Crippen LogP contribution is 2.39. The van der Waals surface area contributed by atoms with Crippen molar-refractivity contribution in [3.8, 4) is 0 Å². The van der Waals surface area contributed by atoms with Gasteiger partial charge in [-0.15, -0.1) is 0 Å².